The molecule has 0 aliphatic carbocycles. The zero-order valence-corrected chi connectivity index (χ0v) is 13.6. The molecule has 2 aromatic carbocycles. The Morgan fingerprint density at radius 3 is 2.67 bits per heavy atom. The molecule has 0 saturated carbocycles. The summed E-state index contributed by atoms with van der Waals surface area (Å²) in [7, 11) is 0. The molecule has 0 unspecified atom stereocenters. The first-order valence-corrected chi connectivity index (χ1v) is 7.58. The molecule has 6 heteroatoms. The molecule has 0 N–H and O–H groups in total. The second-order valence-corrected chi connectivity index (χ2v) is 5.92. The Morgan fingerprint density at radius 2 is 1.90 bits per heavy atom. The largest absolute Gasteiger partial charge is 0.287 e. The van der Waals surface area contributed by atoms with Gasteiger partial charge >= 0.3 is 0 Å². The summed E-state index contributed by atoms with van der Waals surface area (Å²) in [5.41, 5.74) is 1.74. The Kier molecular flexibility index (Phi) is 4.03. The number of halogens is 2. The Bertz CT molecular complexity index is 802. The van der Waals surface area contributed by atoms with Gasteiger partial charge in [-0.2, -0.15) is 0 Å². The van der Waals surface area contributed by atoms with E-state index in [4.69, 9.17) is 11.6 Å². The molecule has 3 aromatic rings. The van der Waals surface area contributed by atoms with Crippen molar-refractivity contribution in [3.05, 3.63) is 74.6 Å². The minimum absolute atomic E-state index is 0.157. The minimum Gasteiger partial charge on any atom is -0.287 e. The van der Waals surface area contributed by atoms with Gasteiger partial charge in [0.25, 0.3) is 0 Å². The van der Waals surface area contributed by atoms with Crippen molar-refractivity contribution >= 4 is 40.0 Å². The molecule has 0 radical (unpaired) electrons. The van der Waals surface area contributed by atoms with Crippen molar-refractivity contribution in [2.75, 3.05) is 0 Å². The van der Waals surface area contributed by atoms with Crippen LogP contribution in [0.5, 0.6) is 0 Å². The van der Waals surface area contributed by atoms with Crippen molar-refractivity contribution in [2.24, 2.45) is 0 Å². The molecule has 3 rings (SSSR count). The molecule has 0 spiro atoms. The molecule has 0 fully saturated rings. The Balaban J connectivity index is 2.08. The van der Waals surface area contributed by atoms with Crippen LogP contribution in [0.15, 0.2) is 54.7 Å². The van der Waals surface area contributed by atoms with Gasteiger partial charge in [-0.25, -0.2) is 4.68 Å². The number of hydrogen-bond donors (Lipinski definition) is 0. The van der Waals surface area contributed by atoms with Crippen LogP contribution in [0.1, 0.15) is 16.1 Å². The van der Waals surface area contributed by atoms with Crippen LogP contribution in [-0.4, -0.2) is 20.8 Å². The first-order valence-electron chi connectivity index (χ1n) is 6.12. The van der Waals surface area contributed by atoms with Crippen LogP contribution in [0, 0.1) is 3.57 Å². The van der Waals surface area contributed by atoms with E-state index < -0.39 is 0 Å². The first kappa shape index (κ1) is 14.2. The van der Waals surface area contributed by atoms with Crippen molar-refractivity contribution in [3.63, 3.8) is 0 Å². The van der Waals surface area contributed by atoms with Crippen molar-refractivity contribution < 1.29 is 4.79 Å². The monoisotopic (exact) mass is 409 g/mol. The number of rotatable bonds is 3. The molecule has 0 amide bonds. The molecule has 104 valence electrons. The fourth-order valence-corrected chi connectivity index (χ4v) is 2.71. The van der Waals surface area contributed by atoms with E-state index in [0.717, 1.165) is 9.26 Å². The fourth-order valence-electron chi connectivity index (χ4n) is 1.96. The van der Waals surface area contributed by atoms with Crippen LogP contribution < -0.4 is 0 Å². The number of aromatic nitrogens is 3. The summed E-state index contributed by atoms with van der Waals surface area (Å²) >= 11 is 8.10. The van der Waals surface area contributed by atoms with Crippen LogP contribution >= 0.6 is 34.2 Å². The lowest BCUT2D eigenvalue weighted by atomic mass is 10.1. The highest BCUT2D eigenvalue weighted by molar-refractivity contribution is 14.1. The maximum absolute atomic E-state index is 12.7. The summed E-state index contributed by atoms with van der Waals surface area (Å²) in [6, 6.07) is 14.6. The van der Waals surface area contributed by atoms with Gasteiger partial charge in [-0.1, -0.05) is 35.0 Å². The second-order valence-electron chi connectivity index (χ2n) is 4.32. The van der Waals surface area contributed by atoms with Crippen molar-refractivity contribution in [1.82, 2.24) is 15.0 Å². The average molecular weight is 410 g/mol. The highest BCUT2D eigenvalue weighted by Gasteiger charge is 2.19. The highest BCUT2D eigenvalue weighted by atomic mass is 127. The Morgan fingerprint density at radius 1 is 1.14 bits per heavy atom. The zero-order chi connectivity index (χ0) is 14.8. The van der Waals surface area contributed by atoms with Gasteiger partial charge < -0.3 is 0 Å². The first-order chi connectivity index (χ1) is 10.2. The van der Waals surface area contributed by atoms with Gasteiger partial charge in [-0.15, -0.1) is 5.10 Å². The number of carbonyl (C=O) groups is 1. The van der Waals surface area contributed by atoms with E-state index in [1.54, 1.807) is 12.1 Å². The maximum atomic E-state index is 12.7. The van der Waals surface area contributed by atoms with Gasteiger partial charge in [0, 0.05) is 14.2 Å². The van der Waals surface area contributed by atoms with E-state index in [9.17, 15) is 4.79 Å². The van der Waals surface area contributed by atoms with E-state index in [-0.39, 0.29) is 5.78 Å². The van der Waals surface area contributed by atoms with Crippen molar-refractivity contribution in [3.8, 4) is 5.69 Å². The predicted molar refractivity (Wildman–Crippen MR) is 89.0 cm³/mol. The van der Waals surface area contributed by atoms with Gasteiger partial charge in [0.2, 0.25) is 5.78 Å². The summed E-state index contributed by atoms with van der Waals surface area (Å²) in [5.74, 6) is -0.157. The standard InChI is InChI=1S/C15H9ClIN3O/c16-10-6-7-13(17)12(8-10)15(21)14-9-18-19-20(14)11-4-2-1-3-5-11/h1-9H. The number of para-hydroxylation sites is 1. The fraction of sp³-hybridized carbons (Fsp3) is 0. The Hall–Kier alpha value is -1.73. The van der Waals surface area contributed by atoms with E-state index in [1.807, 2.05) is 36.4 Å². The number of nitrogens with zero attached hydrogens (tertiary/aromatic N) is 3. The molecule has 4 nitrogen and oxygen atoms in total. The third-order valence-electron chi connectivity index (χ3n) is 2.96. The summed E-state index contributed by atoms with van der Waals surface area (Å²) in [6.45, 7) is 0. The number of hydrogen-bond acceptors (Lipinski definition) is 3. The van der Waals surface area contributed by atoms with E-state index in [1.165, 1.54) is 10.9 Å². The maximum Gasteiger partial charge on any atom is 0.214 e. The average Bonchev–Trinajstić information content (AvgIpc) is 2.99. The number of ketones is 1. The summed E-state index contributed by atoms with van der Waals surface area (Å²) in [5, 5.41) is 8.37. The predicted octanol–water partition coefficient (Wildman–Crippen LogP) is 3.76. The van der Waals surface area contributed by atoms with Gasteiger partial charge in [0.05, 0.1) is 11.9 Å². The smallest absolute Gasteiger partial charge is 0.214 e. The van der Waals surface area contributed by atoms with Gasteiger partial charge in [0.15, 0.2) is 0 Å². The summed E-state index contributed by atoms with van der Waals surface area (Å²) in [6.07, 6.45) is 1.46. The molecular formula is C15H9ClIN3O. The molecular weight excluding hydrogens is 401 g/mol. The van der Waals surface area contributed by atoms with Crippen molar-refractivity contribution in [2.45, 2.75) is 0 Å². The van der Waals surface area contributed by atoms with Crippen molar-refractivity contribution in [1.29, 1.82) is 0 Å². The number of carbonyl (C=O) groups excluding carboxylic acids is 1. The van der Waals surface area contributed by atoms with E-state index in [0.29, 0.717) is 16.3 Å². The van der Waals surface area contributed by atoms with Crippen LogP contribution in [0.2, 0.25) is 5.02 Å². The Labute approximate surface area is 139 Å². The quantitative estimate of drug-likeness (QED) is 0.489. The minimum atomic E-state index is -0.157. The molecule has 21 heavy (non-hydrogen) atoms. The van der Waals surface area contributed by atoms with E-state index >= 15 is 0 Å². The third kappa shape index (κ3) is 2.84. The molecule has 0 bridgehead atoms. The summed E-state index contributed by atoms with van der Waals surface area (Å²) in [4.78, 5) is 12.7. The van der Waals surface area contributed by atoms with Crippen LogP contribution in [0.4, 0.5) is 0 Å². The topological polar surface area (TPSA) is 47.8 Å². The van der Waals surface area contributed by atoms with Crippen LogP contribution in [-0.2, 0) is 0 Å². The summed E-state index contributed by atoms with van der Waals surface area (Å²) < 4.78 is 2.36. The highest BCUT2D eigenvalue weighted by Crippen LogP contribution is 2.21. The van der Waals surface area contributed by atoms with Crippen LogP contribution in [0.25, 0.3) is 5.69 Å². The molecule has 1 aromatic heterocycles. The van der Waals surface area contributed by atoms with Crippen LogP contribution in [0.3, 0.4) is 0 Å². The van der Waals surface area contributed by atoms with Gasteiger partial charge in [0.1, 0.15) is 5.69 Å². The van der Waals surface area contributed by atoms with Gasteiger partial charge in [-0.3, -0.25) is 4.79 Å². The van der Waals surface area contributed by atoms with E-state index in [2.05, 4.69) is 32.9 Å². The second kappa shape index (κ2) is 5.95. The zero-order valence-electron chi connectivity index (χ0n) is 10.7. The molecule has 0 aliphatic heterocycles. The molecule has 0 saturated heterocycles. The molecule has 1 heterocycles. The third-order valence-corrected chi connectivity index (χ3v) is 4.13. The normalized spacial score (nSPS) is 10.6. The molecule has 0 atom stereocenters. The molecule has 0 aliphatic rings. The SMILES string of the molecule is O=C(c1cc(Cl)ccc1I)c1cnnn1-c1ccccc1. The lowest BCUT2D eigenvalue weighted by Gasteiger charge is -2.07. The number of benzene rings is 2. The lowest BCUT2D eigenvalue weighted by molar-refractivity contribution is 0.103. The van der Waals surface area contributed by atoms with Gasteiger partial charge in [-0.05, 0) is 52.9 Å². The lowest BCUT2D eigenvalue weighted by Crippen LogP contribution is -2.11.